The van der Waals surface area contributed by atoms with Gasteiger partial charge in [-0.3, -0.25) is 4.90 Å². The van der Waals surface area contributed by atoms with Gasteiger partial charge < -0.3 is 4.42 Å². The van der Waals surface area contributed by atoms with Gasteiger partial charge in [0, 0.05) is 12.5 Å². The molecule has 3 rings (SSSR count). The Hall–Kier alpha value is -1.68. The van der Waals surface area contributed by atoms with Crippen LogP contribution in [0.1, 0.15) is 50.0 Å². The van der Waals surface area contributed by atoms with E-state index in [2.05, 4.69) is 45.4 Å². The Kier molecular flexibility index (Phi) is 5.22. The lowest BCUT2D eigenvalue weighted by molar-refractivity contribution is 0.120. The minimum Gasteiger partial charge on any atom is -0.424 e. The van der Waals surface area contributed by atoms with Crippen molar-refractivity contribution in [2.45, 2.75) is 58.0 Å². The predicted molar refractivity (Wildman–Crippen MR) is 86.5 cm³/mol. The minimum atomic E-state index is 0.630. The average Bonchev–Trinajstić information content (AvgIpc) is 3.03. The van der Waals surface area contributed by atoms with Crippen LogP contribution in [0, 0.1) is 0 Å². The molecule has 0 saturated carbocycles. The average molecular weight is 299 g/mol. The lowest BCUT2D eigenvalue weighted by atomic mass is 9.96. The highest BCUT2D eigenvalue weighted by Crippen LogP contribution is 2.23. The van der Waals surface area contributed by atoms with Crippen LogP contribution in [0.5, 0.6) is 0 Å². The van der Waals surface area contributed by atoms with Crippen molar-refractivity contribution in [2.24, 2.45) is 0 Å². The summed E-state index contributed by atoms with van der Waals surface area (Å²) in [7, 11) is 0. The maximum atomic E-state index is 5.68. The van der Waals surface area contributed by atoms with Gasteiger partial charge in [-0.2, -0.15) is 0 Å². The van der Waals surface area contributed by atoms with Crippen molar-refractivity contribution in [3.63, 3.8) is 0 Å². The molecule has 1 unspecified atom stereocenters. The molecule has 0 spiro atoms. The van der Waals surface area contributed by atoms with Gasteiger partial charge >= 0.3 is 0 Å². The maximum Gasteiger partial charge on any atom is 0.230 e. The second-order valence-electron chi connectivity index (χ2n) is 6.09. The Morgan fingerprint density at radius 3 is 2.73 bits per heavy atom. The maximum absolute atomic E-state index is 5.68. The van der Waals surface area contributed by atoms with E-state index in [0.717, 1.165) is 37.7 Å². The van der Waals surface area contributed by atoms with Crippen molar-refractivity contribution in [3.05, 3.63) is 47.7 Å². The Morgan fingerprint density at radius 1 is 1.14 bits per heavy atom. The van der Waals surface area contributed by atoms with E-state index in [1.54, 1.807) is 0 Å². The van der Waals surface area contributed by atoms with Crippen molar-refractivity contribution in [2.75, 3.05) is 6.54 Å². The third-order valence-electron chi connectivity index (χ3n) is 4.51. The number of nitrogens with zero attached hydrogens (tertiary/aromatic N) is 3. The van der Waals surface area contributed by atoms with Crippen LogP contribution >= 0.6 is 0 Å². The highest BCUT2D eigenvalue weighted by Gasteiger charge is 2.23. The van der Waals surface area contributed by atoms with Crippen LogP contribution < -0.4 is 0 Å². The summed E-state index contributed by atoms with van der Waals surface area (Å²) in [5.74, 6) is 1.51. The monoisotopic (exact) mass is 299 g/mol. The first-order valence-corrected chi connectivity index (χ1v) is 8.44. The van der Waals surface area contributed by atoms with Gasteiger partial charge in [0.1, 0.15) is 0 Å². The number of benzene rings is 1. The normalized spacial score (nSPS) is 19.4. The van der Waals surface area contributed by atoms with Crippen molar-refractivity contribution in [1.29, 1.82) is 0 Å². The summed E-state index contributed by atoms with van der Waals surface area (Å²) in [6.45, 7) is 3.98. The van der Waals surface area contributed by atoms with Crippen molar-refractivity contribution < 1.29 is 4.42 Å². The molecule has 0 amide bonds. The molecular formula is C18H25N3O. The molecule has 1 aromatic carbocycles. The highest BCUT2D eigenvalue weighted by atomic mass is 16.4. The molecule has 2 heterocycles. The minimum absolute atomic E-state index is 0.630. The summed E-state index contributed by atoms with van der Waals surface area (Å²) >= 11 is 0. The molecular weight excluding hydrogens is 274 g/mol. The third kappa shape index (κ3) is 3.95. The molecule has 1 aromatic heterocycles. The number of likely N-dealkylation sites (tertiary alicyclic amines) is 1. The Morgan fingerprint density at radius 2 is 1.95 bits per heavy atom. The first kappa shape index (κ1) is 15.2. The number of hydrogen-bond donors (Lipinski definition) is 0. The molecule has 4 nitrogen and oxygen atoms in total. The molecule has 1 saturated heterocycles. The largest absolute Gasteiger partial charge is 0.424 e. The lowest BCUT2D eigenvalue weighted by Crippen LogP contribution is -2.39. The van der Waals surface area contributed by atoms with E-state index >= 15 is 0 Å². The van der Waals surface area contributed by atoms with Crippen LogP contribution in [0.3, 0.4) is 0 Å². The van der Waals surface area contributed by atoms with Crippen molar-refractivity contribution in [3.8, 4) is 0 Å². The van der Waals surface area contributed by atoms with E-state index in [-0.39, 0.29) is 0 Å². The van der Waals surface area contributed by atoms with Gasteiger partial charge in [0.05, 0.1) is 6.54 Å². The zero-order valence-electron chi connectivity index (χ0n) is 13.4. The number of aryl methyl sites for hydroxylation is 2. The fourth-order valence-corrected chi connectivity index (χ4v) is 3.24. The first-order valence-electron chi connectivity index (χ1n) is 8.44. The van der Waals surface area contributed by atoms with Crippen LogP contribution in [0.25, 0.3) is 0 Å². The molecule has 1 atom stereocenters. The molecule has 0 radical (unpaired) electrons. The molecule has 0 aliphatic carbocycles. The van der Waals surface area contributed by atoms with Gasteiger partial charge in [0.15, 0.2) is 0 Å². The second kappa shape index (κ2) is 7.54. The Bertz CT molecular complexity index is 567. The van der Waals surface area contributed by atoms with E-state index in [1.165, 1.54) is 31.2 Å². The standard InChI is InChI=1S/C18H25N3O/c1-2-17-19-20-18(22-17)14-21-13-7-6-10-16(21)12-11-15-8-4-3-5-9-15/h3-5,8-9,16H,2,6-7,10-14H2,1H3. The lowest BCUT2D eigenvalue weighted by Gasteiger charge is -2.34. The number of aromatic nitrogens is 2. The van der Waals surface area contributed by atoms with Gasteiger partial charge in [0.25, 0.3) is 0 Å². The van der Waals surface area contributed by atoms with Crippen LogP contribution in [0.15, 0.2) is 34.7 Å². The van der Waals surface area contributed by atoms with Gasteiger partial charge in [-0.25, -0.2) is 0 Å². The molecule has 118 valence electrons. The Labute approximate surface area is 132 Å². The van der Waals surface area contributed by atoms with Crippen LogP contribution in [0.4, 0.5) is 0 Å². The third-order valence-corrected chi connectivity index (χ3v) is 4.51. The summed E-state index contributed by atoms with van der Waals surface area (Å²) in [4.78, 5) is 2.53. The SMILES string of the molecule is CCc1nnc(CN2CCCCC2CCc2ccccc2)o1. The smallest absolute Gasteiger partial charge is 0.230 e. The predicted octanol–water partition coefficient (Wildman–Crippen LogP) is 3.62. The van der Waals surface area contributed by atoms with Crippen LogP contribution in [-0.2, 0) is 19.4 Å². The molecule has 1 aliphatic rings. The van der Waals surface area contributed by atoms with E-state index in [9.17, 15) is 0 Å². The summed E-state index contributed by atoms with van der Waals surface area (Å²) in [5.41, 5.74) is 1.43. The second-order valence-corrected chi connectivity index (χ2v) is 6.09. The van der Waals surface area contributed by atoms with Crippen LogP contribution in [0.2, 0.25) is 0 Å². The molecule has 2 aromatic rings. The zero-order valence-corrected chi connectivity index (χ0v) is 13.4. The Balaban J connectivity index is 1.58. The van der Waals surface area contributed by atoms with E-state index < -0.39 is 0 Å². The molecule has 0 bridgehead atoms. The fraction of sp³-hybridized carbons (Fsp3) is 0.556. The van der Waals surface area contributed by atoms with Gasteiger partial charge in [-0.05, 0) is 37.8 Å². The zero-order chi connectivity index (χ0) is 15.2. The van der Waals surface area contributed by atoms with Gasteiger partial charge in [-0.1, -0.05) is 43.7 Å². The van der Waals surface area contributed by atoms with Crippen molar-refractivity contribution in [1.82, 2.24) is 15.1 Å². The topological polar surface area (TPSA) is 42.2 Å². The number of rotatable bonds is 6. The molecule has 4 heteroatoms. The summed E-state index contributed by atoms with van der Waals surface area (Å²) in [6.07, 6.45) is 7.05. The van der Waals surface area contributed by atoms with Gasteiger partial charge in [-0.15, -0.1) is 10.2 Å². The first-order chi connectivity index (χ1) is 10.8. The highest BCUT2D eigenvalue weighted by molar-refractivity contribution is 5.14. The number of piperidine rings is 1. The quantitative estimate of drug-likeness (QED) is 0.817. The van der Waals surface area contributed by atoms with Crippen molar-refractivity contribution >= 4 is 0 Å². The van der Waals surface area contributed by atoms with E-state index in [4.69, 9.17) is 4.42 Å². The van der Waals surface area contributed by atoms with E-state index in [0.29, 0.717) is 6.04 Å². The number of hydrogen-bond acceptors (Lipinski definition) is 4. The molecule has 1 fully saturated rings. The fourth-order valence-electron chi connectivity index (χ4n) is 3.24. The van der Waals surface area contributed by atoms with Crippen LogP contribution in [-0.4, -0.2) is 27.7 Å². The van der Waals surface area contributed by atoms with Gasteiger partial charge in [0.2, 0.25) is 11.8 Å². The summed E-state index contributed by atoms with van der Waals surface area (Å²) < 4.78 is 5.68. The van der Waals surface area contributed by atoms with E-state index in [1.807, 2.05) is 6.92 Å². The summed E-state index contributed by atoms with van der Waals surface area (Å²) in [6, 6.07) is 11.4. The summed E-state index contributed by atoms with van der Waals surface area (Å²) in [5, 5.41) is 8.25. The molecule has 0 N–H and O–H groups in total. The molecule has 1 aliphatic heterocycles. The molecule has 22 heavy (non-hydrogen) atoms.